The first-order chi connectivity index (χ1) is 12.4. The summed E-state index contributed by atoms with van der Waals surface area (Å²) in [6.45, 7) is 1.93. The highest BCUT2D eigenvalue weighted by Gasteiger charge is 2.16. The van der Waals surface area contributed by atoms with E-state index in [1.165, 1.54) is 6.21 Å². The predicted molar refractivity (Wildman–Crippen MR) is 101 cm³/mol. The van der Waals surface area contributed by atoms with E-state index in [-0.39, 0.29) is 6.79 Å². The molecule has 2 aromatic carbocycles. The first-order valence-corrected chi connectivity index (χ1v) is 8.61. The van der Waals surface area contributed by atoms with Gasteiger partial charge in [0.05, 0.1) is 6.21 Å². The second kappa shape index (κ2) is 7.76. The number of nitrogens with zero attached hydrogens (tertiary/aromatic N) is 1. The zero-order chi connectivity index (χ0) is 18.7. The number of ether oxygens (including phenoxy) is 2. The van der Waals surface area contributed by atoms with Crippen LogP contribution in [0.15, 0.2) is 39.9 Å². The van der Waals surface area contributed by atoms with Crippen molar-refractivity contribution in [1.29, 1.82) is 0 Å². The monoisotopic (exact) mass is 437 g/mol. The number of fused-ring (bicyclic) bond motifs is 1. The van der Waals surface area contributed by atoms with Gasteiger partial charge in [-0.1, -0.05) is 11.6 Å². The molecule has 0 atom stereocenters. The summed E-state index contributed by atoms with van der Waals surface area (Å²) in [7, 11) is 0. The highest BCUT2D eigenvalue weighted by molar-refractivity contribution is 9.10. The van der Waals surface area contributed by atoms with Gasteiger partial charge < -0.3 is 14.8 Å². The fourth-order valence-corrected chi connectivity index (χ4v) is 2.84. The largest absolute Gasteiger partial charge is 0.454 e. The summed E-state index contributed by atoms with van der Waals surface area (Å²) in [4.78, 5) is 23.8. The van der Waals surface area contributed by atoms with Gasteiger partial charge in [-0.05, 0) is 58.7 Å². The van der Waals surface area contributed by atoms with Crippen molar-refractivity contribution in [1.82, 2.24) is 5.43 Å². The maximum absolute atomic E-state index is 11.9. The van der Waals surface area contributed by atoms with Crippen molar-refractivity contribution in [3.05, 3.63) is 51.0 Å². The van der Waals surface area contributed by atoms with E-state index in [1.54, 1.807) is 37.3 Å². The zero-order valence-electron chi connectivity index (χ0n) is 13.5. The molecule has 0 radical (unpaired) electrons. The standard InChI is InChI=1S/C17H13BrClN3O4/c1-9-4-11(19)2-3-13(9)21-16(23)17(24)22-20-7-10-5-14-15(6-12(10)18)26-8-25-14/h2-7H,8H2,1H3,(H,21,23)(H,22,24)/b20-7-. The van der Waals surface area contributed by atoms with Gasteiger partial charge in [0.2, 0.25) is 6.79 Å². The number of hydrogen-bond donors (Lipinski definition) is 2. The number of rotatable bonds is 3. The number of hydrazone groups is 1. The molecular formula is C17H13BrClN3O4. The van der Waals surface area contributed by atoms with Crippen molar-refractivity contribution < 1.29 is 19.1 Å². The van der Waals surface area contributed by atoms with Crippen LogP contribution in [0.25, 0.3) is 0 Å². The molecular weight excluding hydrogens is 426 g/mol. The molecule has 2 aromatic rings. The van der Waals surface area contributed by atoms with Crippen molar-refractivity contribution >= 4 is 51.2 Å². The average Bonchev–Trinajstić information content (AvgIpc) is 3.04. The average molecular weight is 439 g/mol. The third-order valence-corrected chi connectivity index (χ3v) is 4.43. The molecule has 0 saturated carbocycles. The summed E-state index contributed by atoms with van der Waals surface area (Å²) in [5.41, 5.74) is 4.07. The number of nitrogens with one attached hydrogen (secondary N) is 2. The van der Waals surface area contributed by atoms with Crippen LogP contribution in [-0.2, 0) is 9.59 Å². The molecule has 2 N–H and O–H groups in total. The number of aryl methyl sites for hydroxylation is 1. The zero-order valence-corrected chi connectivity index (χ0v) is 15.8. The van der Waals surface area contributed by atoms with E-state index in [1.807, 2.05) is 0 Å². The summed E-state index contributed by atoms with van der Waals surface area (Å²) < 4.78 is 11.2. The second-order valence-corrected chi connectivity index (χ2v) is 6.63. The van der Waals surface area contributed by atoms with Crippen LogP contribution < -0.4 is 20.2 Å². The van der Waals surface area contributed by atoms with Crippen LogP contribution in [0.4, 0.5) is 5.69 Å². The lowest BCUT2D eigenvalue weighted by Crippen LogP contribution is -2.32. The van der Waals surface area contributed by atoms with Crippen molar-refractivity contribution in [3.8, 4) is 11.5 Å². The van der Waals surface area contributed by atoms with Crippen LogP contribution in [0, 0.1) is 6.92 Å². The van der Waals surface area contributed by atoms with E-state index in [2.05, 4.69) is 31.8 Å². The van der Waals surface area contributed by atoms with Gasteiger partial charge in [-0.15, -0.1) is 0 Å². The number of carbonyl (C=O) groups excluding carboxylic acids is 2. The summed E-state index contributed by atoms with van der Waals surface area (Å²) >= 11 is 9.23. The van der Waals surface area contributed by atoms with E-state index in [9.17, 15) is 9.59 Å². The molecule has 1 aliphatic heterocycles. The van der Waals surface area contributed by atoms with Gasteiger partial charge in [0.1, 0.15) is 0 Å². The van der Waals surface area contributed by atoms with Crippen LogP contribution in [0.2, 0.25) is 5.02 Å². The fraction of sp³-hybridized carbons (Fsp3) is 0.118. The summed E-state index contributed by atoms with van der Waals surface area (Å²) in [6.07, 6.45) is 1.39. The maximum atomic E-state index is 11.9. The number of carbonyl (C=O) groups is 2. The molecule has 1 aliphatic rings. The van der Waals surface area contributed by atoms with Gasteiger partial charge in [0.15, 0.2) is 11.5 Å². The SMILES string of the molecule is Cc1cc(Cl)ccc1NC(=O)C(=O)N/N=C\c1cc2c(cc1Br)OCO2. The summed E-state index contributed by atoms with van der Waals surface area (Å²) in [6, 6.07) is 8.37. The number of amides is 2. The van der Waals surface area contributed by atoms with E-state index >= 15 is 0 Å². The van der Waals surface area contributed by atoms with Crippen molar-refractivity contribution in [2.45, 2.75) is 6.92 Å². The third kappa shape index (κ3) is 4.14. The fourth-order valence-electron chi connectivity index (χ4n) is 2.19. The second-order valence-electron chi connectivity index (χ2n) is 5.34. The lowest BCUT2D eigenvalue weighted by atomic mass is 10.2. The lowest BCUT2D eigenvalue weighted by molar-refractivity contribution is -0.136. The van der Waals surface area contributed by atoms with Gasteiger partial charge in [0, 0.05) is 20.7 Å². The van der Waals surface area contributed by atoms with Crippen LogP contribution in [0.1, 0.15) is 11.1 Å². The molecule has 0 fully saturated rings. The first kappa shape index (κ1) is 18.2. The Kier molecular flexibility index (Phi) is 5.43. The first-order valence-electron chi connectivity index (χ1n) is 7.44. The predicted octanol–water partition coefficient (Wildman–Crippen LogP) is 3.23. The van der Waals surface area contributed by atoms with Crippen molar-refractivity contribution in [3.63, 3.8) is 0 Å². The Balaban J connectivity index is 1.61. The molecule has 0 spiro atoms. The minimum atomic E-state index is -0.896. The van der Waals surface area contributed by atoms with E-state index < -0.39 is 11.8 Å². The van der Waals surface area contributed by atoms with Gasteiger partial charge >= 0.3 is 11.8 Å². The van der Waals surface area contributed by atoms with Crippen molar-refractivity contribution in [2.24, 2.45) is 5.10 Å². The molecule has 0 bridgehead atoms. The molecule has 1 heterocycles. The number of anilines is 1. The number of benzene rings is 2. The van der Waals surface area contributed by atoms with Crippen LogP contribution >= 0.6 is 27.5 Å². The number of hydrogen-bond acceptors (Lipinski definition) is 5. The van der Waals surface area contributed by atoms with Crippen molar-refractivity contribution in [2.75, 3.05) is 12.1 Å². The number of halogens is 2. The quantitative estimate of drug-likeness (QED) is 0.437. The van der Waals surface area contributed by atoms with Gasteiger partial charge in [-0.2, -0.15) is 5.10 Å². The van der Waals surface area contributed by atoms with Crippen LogP contribution in [0.5, 0.6) is 11.5 Å². The topological polar surface area (TPSA) is 89.0 Å². The van der Waals surface area contributed by atoms with Gasteiger partial charge in [-0.25, -0.2) is 5.43 Å². The van der Waals surface area contributed by atoms with Gasteiger partial charge in [0.25, 0.3) is 0 Å². The molecule has 0 aliphatic carbocycles. The Labute approximate surface area is 162 Å². The molecule has 0 saturated heterocycles. The molecule has 0 aromatic heterocycles. The van der Waals surface area contributed by atoms with E-state index in [0.717, 1.165) is 5.56 Å². The minimum Gasteiger partial charge on any atom is -0.454 e. The Bertz CT molecular complexity index is 917. The third-order valence-electron chi connectivity index (χ3n) is 3.50. The Hall–Kier alpha value is -2.58. The maximum Gasteiger partial charge on any atom is 0.329 e. The molecule has 26 heavy (non-hydrogen) atoms. The van der Waals surface area contributed by atoms with E-state index in [4.69, 9.17) is 21.1 Å². The lowest BCUT2D eigenvalue weighted by Gasteiger charge is -2.07. The molecule has 134 valence electrons. The highest BCUT2D eigenvalue weighted by atomic mass is 79.9. The molecule has 9 heteroatoms. The normalized spacial score (nSPS) is 12.3. The summed E-state index contributed by atoms with van der Waals surface area (Å²) in [5.74, 6) is -0.530. The highest BCUT2D eigenvalue weighted by Crippen LogP contribution is 2.36. The van der Waals surface area contributed by atoms with Crippen LogP contribution in [0.3, 0.4) is 0 Å². The van der Waals surface area contributed by atoms with E-state index in [0.29, 0.717) is 32.2 Å². The Morgan fingerprint density at radius 1 is 1.19 bits per heavy atom. The smallest absolute Gasteiger partial charge is 0.329 e. The molecule has 0 unspecified atom stereocenters. The Morgan fingerprint density at radius 2 is 1.92 bits per heavy atom. The summed E-state index contributed by atoms with van der Waals surface area (Å²) in [5, 5.41) is 6.84. The molecule has 7 nitrogen and oxygen atoms in total. The molecule has 3 rings (SSSR count). The van der Waals surface area contributed by atoms with Crippen LogP contribution in [-0.4, -0.2) is 24.8 Å². The molecule has 2 amide bonds. The minimum absolute atomic E-state index is 0.156. The Morgan fingerprint density at radius 3 is 2.65 bits per heavy atom. The van der Waals surface area contributed by atoms with Gasteiger partial charge in [-0.3, -0.25) is 9.59 Å².